The maximum Gasteiger partial charge on any atom is 0.408 e. The van der Waals surface area contributed by atoms with Crippen molar-refractivity contribution in [2.24, 2.45) is 5.92 Å². The smallest absolute Gasteiger partial charge is 0.408 e. The van der Waals surface area contributed by atoms with Gasteiger partial charge < -0.3 is 25.4 Å². The molecule has 1 aromatic rings. The van der Waals surface area contributed by atoms with E-state index in [0.29, 0.717) is 5.56 Å². The van der Waals surface area contributed by atoms with E-state index in [1.54, 1.807) is 58.9 Å². The van der Waals surface area contributed by atoms with Crippen LogP contribution in [0.1, 0.15) is 65.6 Å². The lowest BCUT2D eigenvalue weighted by atomic mass is 9.97. The van der Waals surface area contributed by atoms with E-state index >= 15 is 0 Å². The van der Waals surface area contributed by atoms with Crippen LogP contribution in [0.15, 0.2) is 30.8 Å². The van der Waals surface area contributed by atoms with Gasteiger partial charge in [0.25, 0.3) is 0 Å². The summed E-state index contributed by atoms with van der Waals surface area (Å²) < 4.78 is 5.32. The van der Waals surface area contributed by atoms with E-state index in [2.05, 4.69) is 17.2 Å². The first-order valence-electron chi connectivity index (χ1n) is 11.2. The second kappa shape index (κ2) is 12.4. The molecule has 0 bridgehead atoms. The molecule has 8 nitrogen and oxygen atoms in total. The van der Waals surface area contributed by atoms with Crippen molar-refractivity contribution in [3.63, 3.8) is 0 Å². The highest BCUT2D eigenvalue weighted by Gasteiger charge is 2.37. The SMILES string of the molecule is C=Cc1cccc(C(C(=O)NC(C)C)N(CCO)C(=O)C(NC(=O)OC(C)(C)C)C(C)C)c1. The van der Waals surface area contributed by atoms with Gasteiger partial charge >= 0.3 is 6.09 Å². The summed E-state index contributed by atoms with van der Waals surface area (Å²) in [6.07, 6.45) is 0.926. The lowest BCUT2D eigenvalue weighted by Gasteiger charge is -2.35. The lowest BCUT2D eigenvalue weighted by molar-refractivity contribution is -0.144. The third-order valence-electron chi connectivity index (χ3n) is 4.68. The maximum atomic E-state index is 13.7. The monoisotopic (exact) mass is 461 g/mol. The predicted molar refractivity (Wildman–Crippen MR) is 129 cm³/mol. The van der Waals surface area contributed by atoms with Gasteiger partial charge in [0.2, 0.25) is 11.8 Å². The van der Waals surface area contributed by atoms with Gasteiger partial charge in [-0.1, -0.05) is 44.7 Å². The summed E-state index contributed by atoms with van der Waals surface area (Å²) in [6.45, 7) is 15.8. The van der Waals surface area contributed by atoms with Crippen molar-refractivity contribution in [1.29, 1.82) is 0 Å². The zero-order valence-electron chi connectivity index (χ0n) is 20.8. The second-order valence-corrected chi connectivity index (χ2v) is 9.56. The molecule has 184 valence electrons. The zero-order valence-corrected chi connectivity index (χ0v) is 20.8. The summed E-state index contributed by atoms with van der Waals surface area (Å²) >= 11 is 0. The van der Waals surface area contributed by atoms with Crippen molar-refractivity contribution in [2.45, 2.75) is 72.2 Å². The number of benzene rings is 1. The van der Waals surface area contributed by atoms with E-state index in [0.717, 1.165) is 5.56 Å². The number of nitrogens with zero attached hydrogens (tertiary/aromatic N) is 1. The van der Waals surface area contributed by atoms with Crippen molar-refractivity contribution in [3.8, 4) is 0 Å². The van der Waals surface area contributed by atoms with Gasteiger partial charge in [0.05, 0.1) is 6.61 Å². The molecule has 1 rings (SSSR count). The highest BCUT2D eigenvalue weighted by atomic mass is 16.6. The maximum absolute atomic E-state index is 13.7. The molecule has 3 N–H and O–H groups in total. The Kier molecular flexibility index (Phi) is 10.6. The average Bonchev–Trinajstić information content (AvgIpc) is 2.69. The van der Waals surface area contributed by atoms with Gasteiger partial charge in [0.15, 0.2) is 0 Å². The summed E-state index contributed by atoms with van der Waals surface area (Å²) in [5.41, 5.74) is 0.634. The van der Waals surface area contributed by atoms with E-state index in [-0.39, 0.29) is 31.0 Å². The van der Waals surface area contributed by atoms with Crippen molar-refractivity contribution >= 4 is 24.0 Å². The van der Waals surface area contributed by atoms with Gasteiger partial charge in [0, 0.05) is 12.6 Å². The molecule has 0 saturated carbocycles. The van der Waals surface area contributed by atoms with Crippen molar-refractivity contribution in [2.75, 3.05) is 13.2 Å². The van der Waals surface area contributed by atoms with Crippen LogP contribution in [0.2, 0.25) is 0 Å². The number of hydrogen-bond donors (Lipinski definition) is 3. The molecular weight excluding hydrogens is 422 g/mol. The van der Waals surface area contributed by atoms with Crippen LogP contribution in [0, 0.1) is 5.92 Å². The molecule has 0 radical (unpaired) electrons. The van der Waals surface area contributed by atoms with E-state index in [1.165, 1.54) is 4.90 Å². The number of carbonyl (C=O) groups excluding carboxylic acids is 3. The minimum Gasteiger partial charge on any atom is -0.444 e. The van der Waals surface area contributed by atoms with Gasteiger partial charge in [-0.25, -0.2) is 4.79 Å². The fourth-order valence-electron chi connectivity index (χ4n) is 3.29. The van der Waals surface area contributed by atoms with Gasteiger partial charge in [-0.3, -0.25) is 9.59 Å². The van der Waals surface area contributed by atoms with E-state index in [9.17, 15) is 19.5 Å². The summed E-state index contributed by atoms with van der Waals surface area (Å²) in [6, 6.07) is 5.03. The Bertz CT molecular complexity index is 830. The number of rotatable bonds is 10. The number of carbonyl (C=O) groups is 3. The fraction of sp³-hybridized carbons (Fsp3) is 0.560. The van der Waals surface area contributed by atoms with Crippen LogP contribution in [-0.4, -0.2) is 58.8 Å². The molecule has 0 fully saturated rings. The van der Waals surface area contributed by atoms with Crippen LogP contribution in [-0.2, 0) is 14.3 Å². The molecule has 0 aliphatic heterocycles. The Balaban J connectivity index is 3.44. The quantitative estimate of drug-likeness (QED) is 0.496. The first-order chi connectivity index (χ1) is 15.3. The van der Waals surface area contributed by atoms with Crippen LogP contribution in [0.25, 0.3) is 6.08 Å². The normalized spacial score (nSPS) is 13.3. The average molecular weight is 462 g/mol. The van der Waals surface area contributed by atoms with Crippen LogP contribution in [0.5, 0.6) is 0 Å². The lowest BCUT2D eigenvalue weighted by Crippen LogP contribution is -2.55. The van der Waals surface area contributed by atoms with Crippen LogP contribution in [0.4, 0.5) is 4.79 Å². The first kappa shape index (κ1) is 28.2. The van der Waals surface area contributed by atoms with Gasteiger partial charge in [-0.05, 0) is 57.7 Å². The molecule has 0 aromatic heterocycles. The molecule has 0 heterocycles. The Morgan fingerprint density at radius 1 is 1.15 bits per heavy atom. The van der Waals surface area contributed by atoms with Gasteiger partial charge in [-0.15, -0.1) is 0 Å². The predicted octanol–water partition coefficient (Wildman–Crippen LogP) is 3.27. The largest absolute Gasteiger partial charge is 0.444 e. The summed E-state index contributed by atoms with van der Waals surface area (Å²) in [7, 11) is 0. The number of amides is 3. The highest BCUT2D eigenvalue weighted by Crippen LogP contribution is 2.25. The molecule has 0 spiro atoms. The van der Waals surface area contributed by atoms with E-state index in [4.69, 9.17) is 4.74 Å². The molecule has 2 unspecified atom stereocenters. The number of ether oxygens (including phenoxy) is 1. The molecule has 0 aliphatic rings. The Labute approximate surface area is 197 Å². The standard InChI is InChI=1S/C25H39N3O5/c1-9-18-11-10-12-19(15-18)21(22(30)26-17(4)5)28(13-14-29)23(31)20(16(2)3)27-24(32)33-25(6,7)8/h9-12,15-17,20-21,29H,1,13-14H2,2-8H3,(H,26,30)(H,27,32). The Hall–Kier alpha value is -2.87. The number of aliphatic hydroxyl groups excluding tert-OH is 1. The van der Waals surface area contributed by atoms with E-state index in [1.807, 2.05) is 19.9 Å². The number of nitrogens with one attached hydrogen (secondary N) is 2. The molecule has 2 atom stereocenters. The van der Waals surface area contributed by atoms with Crippen molar-refractivity contribution in [3.05, 3.63) is 42.0 Å². The van der Waals surface area contributed by atoms with Crippen molar-refractivity contribution in [1.82, 2.24) is 15.5 Å². The molecule has 1 aromatic carbocycles. The Morgan fingerprint density at radius 3 is 2.27 bits per heavy atom. The first-order valence-corrected chi connectivity index (χ1v) is 11.2. The van der Waals surface area contributed by atoms with Crippen LogP contribution >= 0.6 is 0 Å². The molecule has 33 heavy (non-hydrogen) atoms. The topological polar surface area (TPSA) is 108 Å². The second-order valence-electron chi connectivity index (χ2n) is 9.56. The summed E-state index contributed by atoms with van der Waals surface area (Å²) in [5, 5.41) is 15.2. The third-order valence-corrected chi connectivity index (χ3v) is 4.68. The zero-order chi connectivity index (χ0) is 25.3. The molecule has 0 saturated heterocycles. The van der Waals surface area contributed by atoms with E-state index < -0.39 is 29.7 Å². The number of alkyl carbamates (subject to hydrolysis) is 1. The highest BCUT2D eigenvalue weighted by molar-refractivity contribution is 5.92. The van der Waals surface area contributed by atoms with Gasteiger partial charge in [-0.2, -0.15) is 0 Å². The molecular formula is C25H39N3O5. The number of aliphatic hydroxyl groups is 1. The molecule has 0 aliphatic carbocycles. The molecule has 3 amide bonds. The van der Waals surface area contributed by atoms with Crippen LogP contribution in [0.3, 0.4) is 0 Å². The summed E-state index contributed by atoms with van der Waals surface area (Å²) in [4.78, 5) is 40.7. The Morgan fingerprint density at radius 2 is 1.79 bits per heavy atom. The minimum atomic E-state index is -1.01. The van der Waals surface area contributed by atoms with Crippen molar-refractivity contribution < 1.29 is 24.2 Å². The summed E-state index contributed by atoms with van der Waals surface area (Å²) in [5.74, 6) is -1.16. The van der Waals surface area contributed by atoms with Gasteiger partial charge in [0.1, 0.15) is 17.7 Å². The van der Waals surface area contributed by atoms with Crippen LogP contribution < -0.4 is 10.6 Å². The third kappa shape index (κ3) is 8.88. The fourth-order valence-corrected chi connectivity index (χ4v) is 3.29. The molecule has 8 heteroatoms. The minimum absolute atomic E-state index is 0.0907. The number of hydrogen-bond acceptors (Lipinski definition) is 5.